The zero-order chi connectivity index (χ0) is 18.1. The van der Waals surface area contributed by atoms with Gasteiger partial charge in [0, 0.05) is 13.0 Å². The quantitative estimate of drug-likeness (QED) is 0.596. The maximum atomic E-state index is 12.6. The summed E-state index contributed by atoms with van der Waals surface area (Å²) < 4.78 is 0. The molecule has 1 amide bonds. The lowest BCUT2D eigenvalue weighted by Gasteiger charge is -2.23. The third-order valence-electron chi connectivity index (χ3n) is 3.71. The van der Waals surface area contributed by atoms with Gasteiger partial charge < -0.3 is 15.7 Å². The zero-order valence-electron chi connectivity index (χ0n) is 14.4. The minimum atomic E-state index is -0.966. The highest BCUT2D eigenvalue weighted by Gasteiger charge is 2.26. The second-order valence-corrected chi connectivity index (χ2v) is 6.73. The van der Waals surface area contributed by atoms with Crippen LogP contribution < -0.4 is 10.6 Å². The molecule has 3 N–H and O–H groups in total. The molecule has 0 aliphatic carbocycles. The molecule has 0 saturated carbocycles. The molecule has 24 heavy (non-hydrogen) atoms. The third-order valence-corrected chi connectivity index (χ3v) is 4.20. The summed E-state index contributed by atoms with van der Waals surface area (Å²) >= 11 is 5.31. The van der Waals surface area contributed by atoms with Crippen LogP contribution in [0.2, 0.25) is 0 Å². The number of aliphatic carboxylic acids is 1. The van der Waals surface area contributed by atoms with Crippen LogP contribution >= 0.6 is 12.2 Å². The van der Waals surface area contributed by atoms with Crippen molar-refractivity contribution in [2.45, 2.75) is 39.2 Å². The lowest BCUT2D eigenvalue weighted by molar-refractivity contribution is -0.141. The van der Waals surface area contributed by atoms with Crippen molar-refractivity contribution in [2.75, 3.05) is 7.05 Å². The molecule has 0 fully saturated rings. The van der Waals surface area contributed by atoms with Gasteiger partial charge in [0.25, 0.3) is 0 Å². The van der Waals surface area contributed by atoms with Crippen molar-refractivity contribution in [1.82, 2.24) is 10.6 Å². The molecule has 0 saturated heterocycles. The fourth-order valence-electron chi connectivity index (χ4n) is 2.59. The van der Waals surface area contributed by atoms with Gasteiger partial charge in [-0.1, -0.05) is 56.4 Å². The van der Waals surface area contributed by atoms with Crippen LogP contribution in [0.5, 0.6) is 0 Å². The number of carbonyl (C=O) groups excluding carboxylic acids is 1. The number of nitrogens with one attached hydrogen (secondary N) is 2. The number of rotatable bonds is 9. The number of hydrogen-bond acceptors (Lipinski definition) is 3. The Labute approximate surface area is 148 Å². The average molecular weight is 350 g/mol. The highest BCUT2D eigenvalue weighted by atomic mass is 32.1. The molecule has 2 unspecified atom stereocenters. The van der Waals surface area contributed by atoms with Gasteiger partial charge >= 0.3 is 5.97 Å². The Balaban J connectivity index is 2.84. The summed E-state index contributed by atoms with van der Waals surface area (Å²) in [7, 11) is 1.72. The Morgan fingerprint density at radius 3 is 2.33 bits per heavy atom. The molecule has 1 aromatic carbocycles. The van der Waals surface area contributed by atoms with Gasteiger partial charge in [-0.25, -0.2) is 0 Å². The molecule has 0 aromatic heterocycles. The molecule has 132 valence electrons. The normalized spacial score (nSPS) is 13.2. The van der Waals surface area contributed by atoms with E-state index in [0.29, 0.717) is 17.8 Å². The van der Waals surface area contributed by atoms with Crippen molar-refractivity contribution < 1.29 is 14.7 Å². The molecular formula is C18H26N2O3S. The molecule has 5 nitrogen and oxygen atoms in total. The summed E-state index contributed by atoms with van der Waals surface area (Å²) in [5, 5.41) is 14.9. The first-order valence-electron chi connectivity index (χ1n) is 8.11. The molecular weight excluding hydrogens is 324 g/mol. The molecule has 0 aliphatic rings. The minimum absolute atomic E-state index is 0.172. The lowest BCUT2D eigenvalue weighted by atomic mass is 9.92. The van der Waals surface area contributed by atoms with Gasteiger partial charge in [0.2, 0.25) is 5.91 Å². The molecule has 0 heterocycles. The van der Waals surface area contributed by atoms with E-state index < -0.39 is 11.9 Å². The fraction of sp³-hybridized carbons (Fsp3) is 0.500. The van der Waals surface area contributed by atoms with E-state index in [1.165, 1.54) is 0 Å². The number of carbonyl (C=O) groups is 2. The maximum Gasteiger partial charge on any atom is 0.304 e. The Hall–Kier alpha value is -1.95. The van der Waals surface area contributed by atoms with Crippen LogP contribution in [0, 0.1) is 11.8 Å². The Morgan fingerprint density at radius 2 is 1.83 bits per heavy atom. The fourth-order valence-corrected chi connectivity index (χ4v) is 2.73. The van der Waals surface area contributed by atoms with Crippen LogP contribution in [0.4, 0.5) is 0 Å². The van der Waals surface area contributed by atoms with Gasteiger partial charge in [-0.15, -0.1) is 0 Å². The predicted molar refractivity (Wildman–Crippen MR) is 98.9 cm³/mol. The Kier molecular flexibility index (Phi) is 8.40. The van der Waals surface area contributed by atoms with Crippen molar-refractivity contribution >= 4 is 29.1 Å². The van der Waals surface area contributed by atoms with Crippen LogP contribution in [0.25, 0.3) is 0 Å². The van der Waals surface area contributed by atoms with Gasteiger partial charge in [-0.2, -0.15) is 0 Å². The summed E-state index contributed by atoms with van der Waals surface area (Å²) in [5.74, 6) is -1.54. The summed E-state index contributed by atoms with van der Waals surface area (Å²) in [6.45, 7) is 3.95. The topological polar surface area (TPSA) is 78.4 Å². The van der Waals surface area contributed by atoms with Crippen LogP contribution in [0.3, 0.4) is 0 Å². The van der Waals surface area contributed by atoms with Crippen LogP contribution in [0.1, 0.15) is 32.3 Å². The molecule has 2 atom stereocenters. The largest absolute Gasteiger partial charge is 0.481 e. The molecule has 0 bridgehead atoms. The summed E-state index contributed by atoms with van der Waals surface area (Å²) in [6.07, 6.45) is 0.921. The average Bonchev–Trinajstić information content (AvgIpc) is 2.52. The summed E-state index contributed by atoms with van der Waals surface area (Å²) in [4.78, 5) is 24.2. The van der Waals surface area contributed by atoms with Crippen molar-refractivity contribution in [3.8, 4) is 0 Å². The lowest BCUT2D eigenvalue weighted by Crippen LogP contribution is -2.48. The molecule has 0 spiro atoms. The van der Waals surface area contributed by atoms with Gasteiger partial charge in [-0.3, -0.25) is 9.59 Å². The number of carboxylic acid groups (broad SMARTS) is 1. The van der Waals surface area contributed by atoms with Crippen molar-refractivity contribution in [2.24, 2.45) is 11.8 Å². The van der Waals surface area contributed by atoms with E-state index in [4.69, 9.17) is 17.3 Å². The number of amides is 1. The van der Waals surface area contributed by atoms with E-state index in [9.17, 15) is 9.59 Å². The second-order valence-electron chi connectivity index (χ2n) is 6.29. The Bertz CT molecular complexity index is 561. The van der Waals surface area contributed by atoms with Crippen molar-refractivity contribution in [3.05, 3.63) is 35.9 Å². The van der Waals surface area contributed by atoms with E-state index in [-0.39, 0.29) is 24.3 Å². The van der Waals surface area contributed by atoms with E-state index in [1.54, 1.807) is 7.05 Å². The van der Waals surface area contributed by atoms with Gasteiger partial charge in [0.15, 0.2) is 0 Å². The summed E-state index contributed by atoms with van der Waals surface area (Å²) in [5.41, 5.74) is 1.05. The smallest absolute Gasteiger partial charge is 0.304 e. The number of likely N-dealkylation sites (N-methyl/N-ethyl adjacent to an activating group) is 1. The van der Waals surface area contributed by atoms with Gasteiger partial charge in [-0.05, 0) is 24.3 Å². The monoisotopic (exact) mass is 350 g/mol. The minimum Gasteiger partial charge on any atom is -0.481 e. The number of thiocarbonyl (C=S) groups is 1. The van der Waals surface area contributed by atoms with Crippen LogP contribution in [-0.4, -0.2) is 35.1 Å². The Morgan fingerprint density at radius 1 is 1.21 bits per heavy atom. The standard InChI is InChI=1S/C18H26N2O3S/c1-12(2)9-14(11-16(21)22)17(23)20-15(18(24)19-3)10-13-7-5-4-6-8-13/h4-8,12,14-15H,9-11H2,1-3H3,(H,19,24)(H,20,23)(H,21,22). The van der Waals surface area contributed by atoms with E-state index >= 15 is 0 Å². The molecule has 1 rings (SSSR count). The van der Waals surface area contributed by atoms with Crippen LogP contribution in [-0.2, 0) is 16.0 Å². The number of hydrogen-bond donors (Lipinski definition) is 3. The van der Waals surface area contributed by atoms with Crippen LogP contribution in [0.15, 0.2) is 30.3 Å². The second kappa shape index (κ2) is 10.0. The van der Waals surface area contributed by atoms with E-state index in [0.717, 1.165) is 5.56 Å². The molecule has 1 aromatic rings. The van der Waals surface area contributed by atoms with Crippen molar-refractivity contribution in [1.29, 1.82) is 0 Å². The molecule has 0 aliphatic heterocycles. The highest BCUT2D eigenvalue weighted by molar-refractivity contribution is 7.80. The van der Waals surface area contributed by atoms with Gasteiger partial charge in [0.05, 0.1) is 17.5 Å². The molecule has 6 heteroatoms. The van der Waals surface area contributed by atoms with E-state index in [2.05, 4.69) is 10.6 Å². The first-order chi connectivity index (χ1) is 11.3. The highest BCUT2D eigenvalue weighted by Crippen LogP contribution is 2.16. The third kappa shape index (κ3) is 7.08. The van der Waals surface area contributed by atoms with Crippen molar-refractivity contribution in [3.63, 3.8) is 0 Å². The predicted octanol–water partition coefficient (Wildman–Crippen LogP) is 2.40. The summed E-state index contributed by atoms with van der Waals surface area (Å²) in [6, 6.07) is 9.38. The first kappa shape index (κ1) is 20.1. The first-order valence-corrected chi connectivity index (χ1v) is 8.52. The number of carboxylic acids is 1. The van der Waals surface area contributed by atoms with Gasteiger partial charge in [0.1, 0.15) is 0 Å². The maximum absolute atomic E-state index is 12.6. The molecule has 0 radical (unpaired) electrons. The zero-order valence-corrected chi connectivity index (χ0v) is 15.2. The SMILES string of the molecule is CNC(=S)C(Cc1ccccc1)NC(=O)C(CC(=O)O)CC(C)C. The number of benzene rings is 1. The van der Waals surface area contributed by atoms with E-state index in [1.807, 2.05) is 44.2 Å².